The van der Waals surface area contributed by atoms with Crippen molar-refractivity contribution >= 4 is 8.32 Å². The highest BCUT2D eigenvalue weighted by Gasteiger charge is 2.38. The van der Waals surface area contributed by atoms with E-state index in [0.717, 1.165) is 12.2 Å². The van der Waals surface area contributed by atoms with E-state index in [2.05, 4.69) is 46.0 Å². The van der Waals surface area contributed by atoms with Crippen molar-refractivity contribution in [3.05, 3.63) is 29.8 Å². The van der Waals surface area contributed by atoms with Crippen molar-refractivity contribution < 1.29 is 4.43 Å². The molecule has 0 spiro atoms. The molecule has 1 rings (SSSR count). The van der Waals surface area contributed by atoms with E-state index in [4.69, 9.17) is 10.2 Å². The fraction of sp³-hybridized carbons (Fsp3) is 0.571. The average molecular weight is 251 g/mol. The van der Waals surface area contributed by atoms with Crippen molar-refractivity contribution in [3.63, 3.8) is 0 Å². The Bertz CT molecular complexity index is 369. The molecule has 0 aliphatic heterocycles. The van der Waals surface area contributed by atoms with Gasteiger partial charge in [-0.25, -0.2) is 0 Å². The highest BCUT2D eigenvalue weighted by atomic mass is 28.4. The second-order valence-electron chi connectivity index (χ2n) is 6.05. The van der Waals surface area contributed by atoms with Crippen LogP contribution in [0.15, 0.2) is 24.3 Å². The van der Waals surface area contributed by atoms with Gasteiger partial charge in [-0.1, -0.05) is 32.9 Å². The Morgan fingerprint density at radius 2 is 1.88 bits per heavy atom. The molecule has 1 aromatic rings. The van der Waals surface area contributed by atoms with Gasteiger partial charge in [-0.2, -0.15) is 0 Å². The summed E-state index contributed by atoms with van der Waals surface area (Å²) in [6.45, 7) is 12.0. The smallest absolute Gasteiger partial charge is 0.250 e. The molecule has 0 bridgehead atoms. The minimum Gasteiger partial charge on any atom is -0.543 e. The van der Waals surface area contributed by atoms with Gasteiger partial charge in [0, 0.05) is 0 Å². The van der Waals surface area contributed by atoms with Crippen LogP contribution >= 0.6 is 0 Å². The summed E-state index contributed by atoms with van der Waals surface area (Å²) in [5.74, 6) is 0.988. The highest BCUT2D eigenvalue weighted by molar-refractivity contribution is 6.74. The van der Waals surface area contributed by atoms with E-state index in [0.29, 0.717) is 6.54 Å². The number of hydrogen-bond acceptors (Lipinski definition) is 2. The minimum atomic E-state index is -1.72. The summed E-state index contributed by atoms with van der Waals surface area (Å²) in [4.78, 5) is 0. The molecule has 0 amide bonds. The molecule has 0 fully saturated rings. The zero-order valence-electron chi connectivity index (χ0n) is 11.7. The van der Waals surface area contributed by atoms with E-state index in [-0.39, 0.29) is 5.04 Å². The Hall–Kier alpha value is -0.803. The Labute approximate surface area is 106 Å². The van der Waals surface area contributed by atoms with Gasteiger partial charge in [0.2, 0.25) is 8.32 Å². The van der Waals surface area contributed by atoms with Gasteiger partial charge in [0.25, 0.3) is 0 Å². The monoisotopic (exact) mass is 251 g/mol. The summed E-state index contributed by atoms with van der Waals surface area (Å²) >= 11 is 0. The van der Waals surface area contributed by atoms with E-state index >= 15 is 0 Å². The van der Waals surface area contributed by atoms with Crippen LogP contribution in [0.1, 0.15) is 26.3 Å². The van der Waals surface area contributed by atoms with Crippen LogP contribution in [0.3, 0.4) is 0 Å². The van der Waals surface area contributed by atoms with Crippen LogP contribution in [0.5, 0.6) is 5.75 Å². The largest absolute Gasteiger partial charge is 0.543 e. The lowest BCUT2D eigenvalue weighted by Gasteiger charge is -2.36. The summed E-state index contributed by atoms with van der Waals surface area (Å²) in [5, 5.41) is 0.233. The summed E-state index contributed by atoms with van der Waals surface area (Å²) in [5.41, 5.74) is 6.83. The van der Waals surface area contributed by atoms with Gasteiger partial charge >= 0.3 is 0 Å². The van der Waals surface area contributed by atoms with E-state index in [1.54, 1.807) is 0 Å². The Kier molecular flexibility index (Phi) is 4.39. The molecular formula is C14H25NOSi. The first-order valence-corrected chi connectivity index (χ1v) is 9.15. The second kappa shape index (κ2) is 5.23. The summed E-state index contributed by atoms with van der Waals surface area (Å²) in [7, 11) is -1.72. The van der Waals surface area contributed by atoms with Crippen LogP contribution in [0.4, 0.5) is 0 Å². The van der Waals surface area contributed by atoms with Gasteiger partial charge in [0.05, 0.1) is 0 Å². The molecule has 96 valence electrons. The first-order valence-electron chi connectivity index (χ1n) is 6.24. The molecule has 0 aromatic heterocycles. The number of hydrogen-bond donors (Lipinski definition) is 1. The molecule has 0 aliphatic rings. The van der Waals surface area contributed by atoms with Crippen molar-refractivity contribution in [3.8, 4) is 5.75 Å². The minimum absolute atomic E-state index is 0.233. The molecule has 17 heavy (non-hydrogen) atoms. The van der Waals surface area contributed by atoms with Crippen LogP contribution in [0.2, 0.25) is 18.1 Å². The lowest BCUT2D eigenvalue weighted by atomic mass is 10.1. The van der Waals surface area contributed by atoms with E-state index < -0.39 is 8.32 Å². The lowest BCUT2D eigenvalue weighted by Crippen LogP contribution is -2.43. The standard InChI is InChI=1S/C14H25NOSi/c1-14(2,3)17(4,5)16-13-8-6-7-12(11-13)9-10-15/h6-8,11H,9-10,15H2,1-5H3. The van der Waals surface area contributed by atoms with Gasteiger partial charge in [-0.3, -0.25) is 0 Å². The van der Waals surface area contributed by atoms with Gasteiger partial charge in [0.1, 0.15) is 5.75 Å². The van der Waals surface area contributed by atoms with Crippen molar-refractivity contribution in [2.75, 3.05) is 6.54 Å². The van der Waals surface area contributed by atoms with Crippen molar-refractivity contribution in [1.29, 1.82) is 0 Å². The average Bonchev–Trinajstić information content (AvgIpc) is 2.16. The predicted molar refractivity (Wildman–Crippen MR) is 77.0 cm³/mol. The molecule has 0 heterocycles. The quantitative estimate of drug-likeness (QED) is 0.830. The topological polar surface area (TPSA) is 35.2 Å². The van der Waals surface area contributed by atoms with Crippen molar-refractivity contribution in [1.82, 2.24) is 0 Å². The Morgan fingerprint density at radius 3 is 2.41 bits per heavy atom. The molecule has 2 N–H and O–H groups in total. The van der Waals surface area contributed by atoms with E-state index in [9.17, 15) is 0 Å². The fourth-order valence-corrected chi connectivity index (χ4v) is 2.40. The summed E-state index contributed by atoms with van der Waals surface area (Å²) in [6, 6.07) is 8.31. The SMILES string of the molecule is CC(C)(C)[Si](C)(C)Oc1cccc(CCN)c1. The maximum absolute atomic E-state index is 6.25. The third-order valence-corrected chi connectivity index (χ3v) is 7.87. The van der Waals surface area contributed by atoms with Gasteiger partial charge in [0.15, 0.2) is 0 Å². The van der Waals surface area contributed by atoms with Gasteiger partial charge in [-0.05, 0) is 48.8 Å². The first-order chi connectivity index (χ1) is 7.76. The number of benzene rings is 1. The molecule has 1 aromatic carbocycles. The Morgan fingerprint density at radius 1 is 1.24 bits per heavy atom. The van der Waals surface area contributed by atoms with Crippen LogP contribution in [0.25, 0.3) is 0 Å². The third kappa shape index (κ3) is 3.86. The van der Waals surface area contributed by atoms with E-state index in [1.807, 2.05) is 12.1 Å². The molecule has 0 atom stereocenters. The zero-order valence-corrected chi connectivity index (χ0v) is 12.7. The predicted octanol–water partition coefficient (Wildman–Crippen LogP) is 3.57. The zero-order chi connectivity index (χ0) is 13.1. The highest BCUT2D eigenvalue weighted by Crippen LogP contribution is 2.37. The maximum atomic E-state index is 6.25. The first kappa shape index (κ1) is 14.3. The summed E-state index contributed by atoms with van der Waals surface area (Å²) < 4.78 is 6.25. The lowest BCUT2D eigenvalue weighted by molar-refractivity contribution is 0.491. The molecule has 0 aliphatic carbocycles. The summed E-state index contributed by atoms with van der Waals surface area (Å²) in [6.07, 6.45) is 0.911. The van der Waals surface area contributed by atoms with Crippen LogP contribution in [-0.2, 0) is 6.42 Å². The molecule has 0 saturated heterocycles. The fourth-order valence-electron chi connectivity index (χ4n) is 1.38. The molecule has 0 radical (unpaired) electrons. The molecule has 0 unspecified atom stereocenters. The van der Waals surface area contributed by atoms with Crippen molar-refractivity contribution in [2.24, 2.45) is 5.73 Å². The molecule has 0 saturated carbocycles. The van der Waals surface area contributed by atoms with Crippen LogP contribution < -0.4 is 10.2 Å². The molecule has 2 nitrogen and oxygen atoms in total. The second-order valence-corrected chi connectivity index (χ2v) is 10.8. The van der Waals surface area contributed by atoms with Crippen molar-refractivity contribution in [2.45, 2.75) is 45.3 Å². The Balaban J connectivity index is 2.84. The van der Waals surface area contributed by atoms with Gasteiger partial charge in [-0.15, -0.1) is 0 Å². The van der Waals surface area contributed by atoms with Crippen LogP contribution in [0, 0.1) is 0 Å². The van der Waals surface area contributed by atoms with Crippen LogP contribution in [-0.4, -0.2) is 14.9 Å². The third-order valence-electron chi connectivity index (χ3n) is 3.51. The molecule has 3 heteroatoms. The maximum Gasteiger partial charge on any atom is 0.250 e. The van der Waals surface area contributed by atoms with E-state index in [1.165, 1.54) is 5.56 Å². The normalized spacial score (nSPS) is 12.6. The molecular weight excluding hydrogens is 226 g/mol. The number of rotatable bonds is 4. The number of nitrogens with two attached hydrogens (primary N) is 1. The van der Waals surface area contributed by atoms with Gasteiger partial charge < -0.3 is 10.2 Å².